The normalized spacial score (nSPS) is 12.9. The molecule has 1 fully saturated rings. The Kier molecular flexibility index (Phi) is 8.65. The molecule has 3 heterocycles. The van der Waals surface area contributed by atoms with Crippen molar-refractivity contribution in [1.29, 1.82) is 5.26 Å². The van der Waals surface area contributed by atoms with E-state index in [1.165, 1.54) is 25.4 Å². The maximum atomic E-state index is 12.4. The molecule has 0 bridgehead atoms. The van der Waals surface area contributed by atoms with Gasteiger partial charge in [0.05, 0.1) is 26.0 Å². The standard InChI is InChI=1S/C22H22N6O6/c1-32-6-7-34-19-8-21(24-10-16(19)9-23)27-22(31)26-20-3-2-15(18(13-30)25-20)11-28-4-5-33-14-17(28)12-29/h2-3,8,10,13H,4-7,11,14H2,1H3,(H2,24,25,26,27,31). The summed E-state index contributed by atoms with van der Waals surface area (Å²) in [5.41, 5.74) is 1.29. The molecule has 0 aliphatic carbocycles. The van der Waals surface area contributed by atoms with Gasteiger partial charge in [-0.3, -0.25) is 15.4 Å². The Labute approximate surface area is 195 Å². The zero-order valence-electron chi connectivity index (χ0n) is 18.4. The molecule has 1 aliphatic heterocycles. The van der Waals surface area contributed by atoms with Gasteiger partial charge in [-0.1, -0.05) is 6.07 Å². The van der Waals surface area contributed by atoms with Crippen LogP contribution in [0.4, 0.5) is 16.4 Å². The van der Waals surface area contributed by atoms with E-state index in [4.69, 9.17) is 14.2 Å². The van der Waals surface area contributed by atoms with Gasteiger partial charge in [-0.2, -0.15) is 5.26 Å². The highest BCUT2D eigenvalue weighted by atomic mass is 16.5. The van der Waals surface area contributed by atoms with Crippen LogP contribution in [-0.2, 0) is 20.8 Å². The molecule has 0 saturated carbocycles. The Morgan fingerprint density at radius 2 is 2.15 bits per heavy atom. The summed E-state index contributed by atoms with van der Waals surface area (Å²) in [6, 6.07) is 5.91. The summed E-state index contributed by atoms with van der Waals surface area (Å²) in [5.74, 6) is 2.39. The monoisotopic (exact) mass is 466 g/mol. The predicted octanol–water partition coefficient (Wildman–Crippen LogP) is 1.38. The number of nitriles is 1. The largest absolute Gasteiger partial charge is 0.490 e. The van der Waals surface area contributed by atoms with Crippen molar-refractivity contribution in [2.24, 2.45) is 0 Å². The molecule has 3 rings (SSSR count). The molecule has 12 heteroatoms. The minimum absolute atomic E-state index is 0.125. The lowest BCUT2D eigenvalue weighted by molar-refractivity contribution is 0.0718. The number of hydrogen-bond acceptors (Lipinski definition) is 10. The number of morpholine rings is 1. The summed E-state index contributed by atoms with van der Waals surface area (Å²) < 4.78 is 15.6. The Balaban J connectivity index is 1.67. The van der Waals surface area contributed by atoms with Crippen LogP contribution in [0.15, 0.2) is 30.1 Å². The molecule has 2 aromatic heterocycles. The van der Waals surface area contributed by atoms with Crippen LogP contribution in [0.5, 0.6) is 5.75 Å². The first kappa shape index (κ1) is 24.3. The van der Waals surface area contributed by atoms with Crippen LogP contribution < -0.4 is 15.4 Å². The van der Waals surface area contributed by atoms with E-state index < -0.39 is 6.03 Å². The maximum Gasteiger partial charge on any atom is 0.326 e. The lowest BCUT2D eigenvalue weighted by Gasteiger charge is -2.29. The van der Waals surface area contributed by atoms with Gasteiger partial charge in [0.2, 0.25) is 0 Å². The van der Waals surface area contributed by atoms with Crippen LogP contribution in [0.3, 0.4) is 0 Å². The predicted molar refractivity (Wildman–Crippen MR) is 119 cm³/mol. The third-order valence-corrected chi connectivity index (χ3v) is 4.74. The number of hydrogen-bond donors (Lipinski definition) is 2. The molecule has 0 radical (unpaired) electrons. The van der Waals surface area contributed by atoms with Gasteiger partial charge in [0, 0.05) is 31.8 Å². The van der Waals surface area contributed by atoms with Crippen molar-refractivity contribution in [2.45, 2.75) is 6.54 Å². The van der Waals surface area contributed by atoms with E-state index in [9.17, 15) is 19.6 Å². The number of pyridine rings is 2. The van der Waals surface area contributed by atoms with Crippen LogP contribution >= 0.6 is 0 Å². The number of nitrogens with one attached hydrogen (secondary N) is 2. The van der Waals surface area contributed by atoms with Crippen molar-refractivity contribution >= 4 is 29.9 Å². The lowest BCUT2D eigenvalue weighted by Crippen LogP contribution is -2.34. The fraction of sp³-hybridized carbons (Fsp3) is 0.318. The van der Waals surface area contributed by atoms with E-state index in [1.807, 2.05) is 12.0 Å². The first-order valence-electron chi connectivity index (χ1n) is 10.2. The lowest BCUT2D eigenvalue weighted by atomic mass is 10.1. The van der Waals surface area contributed by atoms with Gasteiger partial charge < -0.3 is 19.1 Å². The molecular weight excluding hydrogens is 444 g/mol. The molecule has 1 saturated heterocycles. The van der Waals surface area contributed by atoms with E-state index in [0.717, 1.165) is 0 Å². The molecule has 176 valence electrons. The van der Waals surface area contributed by atoms with Crippen molar-refractivity contribution in [2.75, 3.05) is 50.7 Å². The van der Waals surface area contributed by atoms with Crippen LogP contribution in [0.2, 0.25) is 0 Å². The van der Waals surface area contributed by atoms with E-state index in [-0.39, 0.29) is 48.4 Å². The Bertz CT molecular complexity index is 1140. The number of rotatable bonds is 9. The van der Waals surface area contributed by atoms with Crippen LogP contribution in [0.1, 0.15) is 21.6 Å². The molecular formula is C22H22N6O6. The van der Waals surface area contributed by atoms with Gasteiger partial charge in [0.1, 0.15) is 53.0 Å². The average Bonchev–Trinajstić information content (AvgIpc) is 2.85. The van der Waals surface area contributed by atoms with E-state index >= 15 is 0 Å². The first-order valence-corrected chi connectivity index (χ1v) is 10.2. The SMILES string of the molecule is COCCOc1cc(NC(=O)Nc2ccc(CN3CCOCC3=C=O)c(C=O)n2)ncc1C#N. The number of anilines is 2. The molecule has 0 aromatic carbocycles. The second kappa shape index (κ2) is 12.1. The third kappa shape index (κ3) is 6.36. The van der Waals surface area contributed by atoms with Crippen LogP contribution in [0, 0.1) is 11.3 Å². The molecule has 0 atom stereocenters. The van der Waals surface area contributed by atoms with Crippen LogP contribution in [-0.4, -0.2) is 73.2 Å². The van der Waals surface area contributed by atoms with Crippen molar-refractivity contribution in [3.05, 3.63) is 46.9 Å². The van der Waals surface area contributed by atoms with Gasteiger partial charge in [-0.05, 0) is 6.07 Å². The fourth-order valence-corrected chi connectivity index (χ4v) is 3.06. The number of carbonyl (C=O) groups excluding carboxylic acids is 3. The van der Waals surface area contributed by atoms with Crippen molar-refractivity contribution in [3.8, 4) is 11.8 Å². The number of aromatic nitrogens is 2. The number of aldehydes is 1. The van der Waals surface area contributed by atoms with Crippen molar-refractivity contribution in [3.63, 3.8) is 0 Å². The number of urea groups is 1. The fourth-order valence-electron chi connectivity index (χ4n) is 3.06. The molecule has 1 aliphatic rings. The maximum absolute atomic E-state index is 12.4. The van der Waals surface area contributed by atoms with Gasteiger partial charge in [0.15, 0.2) is 6.29 Å². The Morgan fingerprint density at radius 3 is 2.88 bits per heavy atom. The van der Waals surface area contributed by atoms with E-state index in [1.54, 1.807) is 11.0 Å². The summed E-state index contributed by atoms with van der Waals surface area (Å²) >= 11 is 0. The number of methoxy groups -OCH3 is 1. The van der Waals surface area contributed by atoms with Crippen LogP contribution in [0.25, 0.3) is 0 Å². The number of amides is 2. The number of carbonyl (C=O) groups is 2. The van der Waals surface area contributed by atoms with Crippen molar-refractivity contribution < 1.29 is 28.6 Å². The number of ether oxygens (including phenoxy) is 3. The molecule has 2 N–H and O–H groups in total. The summed E-state index contributed by atoms with van der Waals surface area (Å²) in [6.07, 6.45) is 1.86. The summed E-state index contributed by atoms with van der Waals surface area (Å²) in [5, 5.41) is 14.2. The highest BCUT2D eigenvalue weighted by molar-refractivity contribution is 5.98. The summed E-state index contributed by atoms with van der Waals surface area (Å²) in [7, 11) is 1.52. The van der Waals surface area contributed by atoms with Gasteiger partial charge in [0.25, 0.3) is 0 Å². The number of nitrogens with zero attached hydrogens (tertiary/aromatic N) is 4. The average molecular weight is 466 g/mol. The highest BCUT2D eigenvalue weighted by Crippen LogP contribution is 2.21. The highest BCUT2D eigenvalue weighted by Gasteiger charge is 2.19. The molecule has 2 amide bonds. The second-order valence-corrected chi connectivity index (χ2v) is 6.98. The minimum atomic E-state index is -0.656. The summed E-state index contributed by atoms with van der Waals surface area (Å²) in [6.45, 7) is 1.94. The smallest absolute Gasteiger partial charge is 0.326 e. The molecule has 0 unspecified atom stereocenters. The van der Waals surface area contributed by atoms with Gasteiger partial charge >= 0.3 is 6.03 Å². The molecule has 34 heavy (non-hydrogen) atoms. The second-order valence-electron chi connectivity index (χ2n) is 6.98. The molecule has 2 aromatic rings. The van der Waals surface area contributed by atoms with E-state index in [0.29, 0.717) is 37.3 Å². The third-order valence-electron chi connectivity index (χ3n) is 4.74. The molecule has 12 nitrogen and oxygen atoms in total. The van der Waals surface area contributed by atoms with E-state index in [2.05, 4.69) is 20.6 Å². The van der Waals surface area contributed by atoms with Gasteiger partial charge in [-0.15, -0.1) is 0 Å². The van der Waals surface area contributed by atoms with Gasteiger partial charge in [-0.25, -0.2) is 19.6 Å². The summed E-state index contributed by atoms with van der Waals surface area (Å²) in [4.78, 5) is 45.0. The molecule has 0 spiro atoms. The zero-order chi connectivity index (χ0) is 24.3. The quantitative estimate of drug-likeness (QED) is 0.314. The Hall–Kier alpha value is -4.30. The van der Waals surface area contributed by atoms with Crippen molar-refractivity contribution in [1.82, 2.24) is 14.9 Å². The minimum Gasteiger partial charge on any atom is -0.490 e. The zero-order valence-corrected chi connectivity index (χ0v) is 18.4. The first-order chi connectivity index (χ1) is 16.6. The topological polar surface area (TPSA) is 156 Å². The Morgan fingerprint density at radius 1 is 1.32 bits per heavy atom.